The minimum Gasteiger partial charge on any atom is -0.350 e. The van der Waals surface area contributed by atoms with Gasteiger partial charge in [-0.1, -0.05) is 32.0 Å². The van der Waals surface area contributed by atoms with Crippen molar-refractivity contribution in [2.24, 2.45) is 13.0 Å². The number of ketones is 2. The number of benzene rings is 1. The van der Waals surface area contributed by atoms with Crippen LogP contribution in [0.4, 0.5) is 0 Å². The normalized spacial score (nSPS) is 11.1. The quantitative estimate of drug-likeness (QED) is 0.611. The van der Waals surface area contributed by atoms with E-state index in [1.54, 1.807) is 6.20 Å². The second-order valence-electron chi connectivity index (χ2n) is 5.02. The molecule has 0 radical (unpaired) electrons. The monoisotopic (exact) mass is 243 g/mol. The fourth-order valence-electron chi connectivity index (χ4n) is 2.14. The summed E-state index contributed by atoms with van der Waals surface area (Å²) in [6.45, 7) is 3.88. The molecule has 0 amide bonds. The van der Waals surface area contributed by atoms with Gasteiger partial charge in [0.25, 0.3) is 0 Å². The molecule has 1 aromatic carbocycles. The molecule has 0 spiro atoms. The summed E-state index contributed by atoms with van der Waals surface area (Å²) in [6.07, 6.45) is 2.05. The molecule has 2 rings (SSSR count). The number of aromatic nitrogens is 1. The molecule has 0 atom stereocenters. The maximum atomic E-state index is 12.1. The van der Waals surface area contributed by atoms with Crippen molar-refractivity contribution in [2.75, 3.05) is 0 Å². The number of rotatable bonds is 4. The molecule has 0 aliphatic heterocycles. The van der Waals surface area contributed by atoms with E-state index in [1.807, 2.05) is 49.7 Å². The van der Waals surface area contributed by atoms with Crippen LogP contribution >= 0.6 is 0 Å². The van der Waals surface area contributed by atoms with Crippen LogP contribution in [0.2, 0.25) is 0 Å². The van der Waals surface area contributed by atoms with Crippen molar-refractivity contribution >= 4 is 22.5 Å². The summed E-state index contributed by atoms with van der Waals surface area (Å²) >= 11 is 0. The van der Waals surface area contributed by atoms with Crippen LogP contribution < -0.4 is 0 Å². The Bertz CT molecular complexity index is 608. The zero-order valence-electron chi connectivity index (χ0n) is 10.9. The van der Waals surface area contributed by atoms with Gasteiger partial charge in [-0.3, -0.25) is 9.59 Å². The first kappa shape index (κ1) is 12.6. The number of nitrogens with zero attached hydrogens (tertiary/aromatic N) is 1. The molecule has 0 fully saturated rings. The van der Waals surface area contributed by atoms with Gasteiger partial charge in [-0.15, -0.1) is 0 Å². The van der Waals surface area contributed by atoms with Gasteiger partial charge in [0.1, 0.15) is 0 Å². The highest BCUT2D eigenvalue weighted by Gasteiger charge is 2.21. The summed E-state index contributed by atoms with van der Waals surface area (Å²) in [7, 11) is 1.88. The largest absolute Gasteiger partial charge is 0.350 e. The lowest BCUT2D eigenvalue weighted by Crippen LogP contribution is -2.15. The predicted octanol–water partition coefficient (Wildman–Crippen LogP) is 2.98. The van der Waals surface area contributed by atoms with Gasteiger partial charge in [-0.25, -0.2) is 0 Å². The Balaban J connectivity index is 2.42. The van der Waals surface area contributed by atoms with Gasteiger partial charge in [0.15, 0.2) is 0 Å². The van der Waals surface area contributed by atoms with Crippen LogP contribution in [0.3, 0.4) is 0 Å². The van der Waals surface area contributed by atoms with Gasteiger partial charge >= 0.3 is 0 Å². The third-order valence-corrected chi connectivity index (χ3v) is 2.99. The number of para-hydroxylation sites is 1. The zero-order chi connectivity index (χ0) is 13.3. The van der Waals surface area contributed by atoms with Crippen molar-refractivity contribution in [1.82, 2.24) is 4.57 Å². The minimum absolute atomic E-state index is 0.205. The molecular formula is C15H17NO2. The summed E-state index contributed by atoms with van der Waals surface area (Å²) in [5.74, 6) is -0.474. The molecule has 0 saturated carbocycles. The van der Waals surface area contributed by atoms with Crippen molar-refractivity contribution in [2.45, 2.75) is 20.3 Å². The van der Waals surface area contributed by atoms with Crippen molar-refractivity contribution in [3.05, 3.63) is 36.0 Å². The van der Waals surface area contributed by atoms with Crippen molar-refractivity contribution in [1.29, 1.82) is 0 Å². The number of fused-ring (bicyclic) bond motifs is 1. The first-order valence-corrected chi connectivity index (χ1v) is 6.12. The third kappa shape index (κ3) is 2.21. The molecule has 0 aliphatic carbocycles. The molecular weight excluding hydrogens is 226 g/mol. The Labute approximate surface area is 106 Å². The summed E-state index contributed by atoms with van der Waals surface area (Å²) < 4.78 is 1.88. The summed E-state index contributed by atoms with van der Waals surface area (Å²) in [5.41, 5.74) is 1.48. The second kappa shape index (κ2) is 4.77. The van der Waals surface area contributed by atoms with Gasteiger partial charge in [-0.2, -0.15) is 0 Å². The number of carbonyl (C=O) groups excluding carboxylic acids is 2. The maximum Gasteiger partial charge on any atom is 0.230 e. The van der Waals surface area contributed by atoms with Gasteiger partial charge in [0, 0.05) is 30.6 Å². The first-order chi connectivity index (χ1) is 8.50. The van der Waals surface area contributed by atoms with Gasteiger partial charge < -0.3 is 4.57 Å². The van der Waals surface area contributed by atoms with Gasteiger partial charge in [-0.05, 0) is 12.0 Å². The van der Waals surface area contributed by atoms with Gasteiger partial charge in [0.05, 0.1) is 5.56 Å². The number of aryl methyl sites for hydroxylation is 1. The minimum atomic E-state index is -0.375. The Morgan fingerprint density at radius 2 is 1.89 bits per heavy atom. The lowest BCUT2D eigenvalue weighted by Gasteiger charge is -2.02. The molecule has 94 valence electrons. The number of hydrogen-bond acceptors (Lipinski definition) is 2. The Morgan fingerprint density at radius 3 is 2.56 bits per heavy atom. The molecule has 0 N–H and O–H groups in total. The highest BCUT2D eigenvalue weighted by molar-refractivity contribution is 6.45. The molecule has 0 unspecified atom stereocenters. The van der Waals surface area contributed by atoms with Gasteiger partial charge in [0.2, 0.25) is 11.6 Å². The number of carbonyl (C=O) groups is 2. The van der Waals surface area contributed by atoms with Crippen molar-refractivity contribution < 1.29 is 9.59 Å². The van der Waals surface area contributed by atoms with Crippen molar-refractivity contribution in [3.8, 4) is 0 Å². The number of hydrogen-bond donors (Lipinski definition) is 0. The second-order valence-corrected chi connectivity index (χ2v) is 5.02. The third-order valence-electron chi connectivity index (χ3n) is 2.99. The van der Waals surface area contributed by atoms with Crippen LogP contribution in [-0.4, -0.2) is 16.1 Å². The van der Waals surface area contributed by atoms with Crippen LogP contribution in [0.15, 0.2) is 30.5 Å². The van der Waals surface area contributed by atoms with E-state index in [0.29, 0.717) is 12.0 Å². The topological polar surface area (TPSA) is 39.1 Å². The SMILES string of the molecule is CC(C)CC(=O)C(=O)c1cn(C)c2ccccc12. The zero-order valence-corrected chi connectivity index (χ0v) is 10.9. The van der Waals surface area contributed by atoms with E-state index < -0.39 is 0 Å². The van der Waals surface area contributed by atoms with E-state index in [4.69, 9.17) is 0 Å². The molecule has 1 heterocycles. The van der Waals surface area contributed by atoms with Crippen molar-refractivity contribution in [3.63, 3.8) is 0 Å². The molecule has 0 saturated heterocycles. The molecule has 2 aromatic rings. The highest BCUT2D eigenvalue weighted by atomic mass is 16.2. The van der Waals surface area contributed by atoms with E-state index in [1.165, 1.54) is 0 Å². The average molecular weight is 243 g/mol. The van der Waals surface area contributed by atoms with Crippen LogP contribution in [0.5, 0.6) is 0 Å². The standard InChI is InChI=1S/C15H17NO2/c1-10(2)8-14(17)15(18)12-9-16(3)13-7-5-4-6-11(12)13/h4-7,9-10H,8H2,1-3H3. The molecule has 0 aliphatic rings. The van der Waals surface area contributed by atoms with E-state index in [0.717, 1.165) is 10.9 Å². The summed E-state index contributed by atoms with van der Waals surface area (Å²) in [6, 6.07) is 7.63. The Kier molecular flexibility index (Phi) is 3.32. The Morgan fingerprint density at radius 1 is 1.22 bits per heavy atom. The van der Waals surface area contributed by atoms with Crippen LogP contribution in [0, 0.1) is 5.92 Å². The molecule has 18 heavy (non-hydrogen) atoms. The van der Waals surface area contributed by atoms with Crippen LogP contribution in [0.1, 0.15) is 30.6 Å². The van der Waals surface area contributed by atoms with E-state index in [2.05, 4.69) is 0 Å². The van der Waals surface area contributed by atoms with Crippen LogP contribution in [-0.2, 0) is 11.8 Å². The fraction of sp³-hybridized carbons (Fsp3) is 0.333. The first-order valence-electron chi connectivity index (χ1n) is 6.12. The lowest BCUT2D eigenvalue weighted by atomic mass is 10.00. The number of Topliss-reactive ketones (excluding diaryl/α,β-unsaturated/α-hetero) is 2. The maximum absolute atomic E-state index is 12.1. The Hall–Kier alpha value is -1.90. The van der Waals surface area contributed by atoms with E-state index in [9.17, 15) is 9.59 Å². The predicted molar refractivity (Wildman–Crippen MR) is 71.7 cm³/mol. The van der Waals surface area contributed by atoms with Crippen LogP contribution in [0.25, 0.3) is 10.9 Å². The summed E-state index contributed by atoms with van der Waals surface area (Å²) in [4.78, 5) is 24.0. The highest BCUT2D eigenvalue weighted by Crippen LogP contribution is 2.21. The molecule has 0 bridgehead atoms. The average Bonchev–Trinajstić information content (AvgIpc) is 2.66. The summed E-state index contributed by atoms with van der Waals surface area (Å²) in [5, 5.41) is 0.849. The van der Waals surface area contributed by atoms with E-state index >= 15 is 0 Å². The smallest absolute Gasteiger partial charge is 0.230 e. The molecule has 3 heteroatoms. The fourth-order valence-corrected chi connectivity index (χ4v) is 2.14. The lowest BCUT2D eigenvalue weighted by molar-refractivity contribution is -0.115. The molecule has 1 aromatic heterocycles. The molecule has 3 nitrogen and oxygen atoms in total. The van der Waals surface area contributed by atoms with E-state index in [-0.39, 0.29) is 17.5 Å².